The fourth-order valence-electron chi connectivity index (χ4n) is 8.05. The maximum atomic E-state index is 12.9. The molecule has 6 rings (SSSR count). The Kier molecular flexibility index (Phi) is 16.8. The molecule has 0 saturated heterocycles. The molecule has 0 aromatic heterocycles. The Morgan fingerprint density at radius 1 is 0.542 bits per heavy atom. The highest BCUT2D eigenvalue weighted by Gasteiger charge is 2.41. The molecule has 316 valence electrons. The Morgan fingerprint density at radius 2 is 0.898 bits per heavy atom. The third kappa shape index (κ3) is 12.5. The van der Waals surface area contributed by atoms with Gasteiger partial charge in [-0.05, 0) is 220 Å². The number of ether oxygens (including phenoxy) is 6. The second-order valence-corrected chi connectivity index (χ2v) is 21.0. The van der Waals surface area contributed by atoms with Gasteiger partial charge in [0.05, 0.1) is 7.14 Å². The van der Waals surface area contributed by atoms with Gasteiger partial charge in [0.1, 0.15) is 47.4 Å². The molecule has 0 radical (unpaired) electrons. The first kappa shape index (κ1) is 46.4. The molecule has 12 heteroatoms. The van der Waals surface area contributed by atoms with Crippen LogP contribution in [0.4, 0.5) is 0 Å². The van der Waals surface area contributed by atoms with Crippen LogP contribution in [0, 0.1) is 26.1 Å². The molecule has 8 nitrogen and oxygen atoms in total. The lowest BCUT2D eigenvalue weighted by Gasteiger charge is -2.33. The Morgan fingerprint density at radius 3 is 1.24 bits per heavy atom. The van der Waals surface area contributed by atoms with E-state index in [-0.39, 0.29) is 48.2 Å². The second kappa shape index (κ2) is 21.3. The van der Waals surface area contributed by atoms with Crippen LogP contribution in [0.15, 0.2) is 72.8 Å². The van der Waals surface area contributed by atoms with E-state index in [2.05, 4.69) is 142 Å². The van der Waals surface area contributed by atoms with Crippen molar-refractivity contribution in [2.24, 2.45) is 11.8 Å². The highest BCUT2D eigenvalue weighted by Crippen LogP contribution is 2.41. The van der Waals surface area contributed by atoms with Crippen molar-refractivity contribution in [2.75, 3.05) is 13.2 Å². The summed E-state index contributed by atoms with van der Waals surface area (Å²) < 4.78 is 40.7. The number of hydrogen-bond donors (Lipinski definition) is 0. The predicted octanol–water partition coefficient (Wildman–Crippen LogP) is 12.6. The summed E-state index contributed by atoms with van der Waals surface area (Å²) in [6.07, 6.45) is 8.72. The summed E-state index contributed by atoms with van der Waals surface area (Å²) >= 11 is 9.08. The minimum atomic E-state index is -0.384. The van der Waals surface area contributed by atoms with Gasteiger partial charge in [0.15, 0.2) is 13.2 Å². The van der Waals surface area contributed by atoms with Gasteiger partial charge in [-0.15, -0.1) is 0 Å². The summed E-state index contributed by atoms with van der Waals surface area (Å²) in [7, 11) is 0. The van der Waals surface area contributed by atoms with Gasteiger partial charge < -0.3 is 28.4 Å². The fraction of sp³-hybridized carbons (Fsp3) is 0.447. The van der Waals surface area contributed by atoms with Crippen LogP contribution in [-0.2, 0) is 38.7 Å². The van der Waals surface area contributed by atoms with Gasteiger partial charge in [0.25, 0.3) is 0 Å². The number of hydrogen-bond acceptors (Lipinski definition) is 8. The zero-order valence-electron chi connectivity index (χ0n) is 34.1. The number of benzene rings is 4. The number of carbonyl (C=O) groups excluding carboxylic acids is 2. The largest absolute Gasteiger partial charge is 0.489 e. The number of carbonyl (C=O) groups is 2. The predicted molar refractivity (Wildman–Crippen MR) is 263 cm³/mol. The lowest BCUT2D eigenvalue weighted by Crippen LogP contribution is -2.39. The third-order valence-corrected chi connectivity index (χ3v) is 14.4. The van der Waals surface area contributed by atoms with Crippen molar-refractivity contribution in [3.05, 3.63) is 109 Å². The van der Waals surface area contributed by atoms with Crippen molar-refractivity contribution >= 4 is 102 Å². The molecule has 0 spiro atoms. The van der Waals surface area contributed by atoms with E-state index in [1.807, 2.05) is 48.5 Å². The van der Waals surface area contributed by atoms with Crippen molar-refractivity contribution in [3.63, 3.8) is 0 Å². The van der Waals surface area contributed by atoms with Crippen LogP contribution in [0.3, 0.4) is 0 Å². The van der Waals surface area contributed by atoms with E-state index in [1.54, 1.807) is 0 Å². The zero-order chi connectivity index (χ0) is 42.2. The average molecular weight is 1250 g/mol. The number of esters is 2. The smallest absolute Gasteiger partial charge is 0.344 e. The van der Waals surface area contributed by atoms with Crippen LogP contribution in [0.2, 0.25) is 0 Å². The summed E-state index contributed by atoms with van der Waals surface area (Å²) in [5.74, 6) is 2.67. The summed E-state index contributed by atoms with van der Waals surface area (Å²) in [4.78, 5) is 25.9. The van der Waals surface area contributed by atoms with Crippen LogP contribution in [0.25, 0.3) is 0 Å². The van der Waals surface area contributed by atoms with E-state index in [0.717, 1.165) is 106 Å². The Bertz CT molecular complexity index is 1910. The lowest BCUT2D eigenvalue weighted by atomic mass is 9.88. The molecule has 2 fully saturated rings. The topological polar surface area (TPSA) is 89.5 Å². The maximum absolute atomic E-state index is 12.9. The summed E-state index contributed by atoms with van der Waals surface area (Å²) in [6, 6.07) is 24.3. The number of halogens is 4. The molecule has 0 N–H and O–H groups in total. The SMILES string of the molecule is CC(C)C1(OC(=O)COc2c(I)cc(I)cc2COc2ccc(Cc3ccc(OCc4cc(I)cc(I)c4OCC(=O)OC4(C(C)C)CCCC4)cc3)cc2)CCCC1. The second-order valence-electron chi connectivity index (χ2n) is 16.2. The molecule has 0 heterocycles. The molecule has 2 saturated carbocycles. The van der Waals surface area contributed by atoms with Crippen LogP contribution < -0.4 is 18.9 Å². The van der Waals surface area contributed by atoms with E-state index in [9.17, 15) is 9.59 Å². The molecule has 0 unspecified atom stereocenters. The van der Waals surface area contributed by atoms with Crippen molar-refractivity contribution in [3.8, 4) is 23.0 Å². The normalized spacial score (nSPS) is 15.6. The van der Waals surface area contributed by atoms with Gasteiger partial charge in [0, 0.05) is 18.3 Å². The first-order valence-corrected chi connectivity index (χ1v) is 24.6. The van der Waals surface area contributed by atoms with Crippen LogP contribution in [0.5, 0.6) is 23.0 Å². The molecule has 0 atom stereocenters. The Hall–Kier alpha value is -2.06. The van der Waals surface area contributed by atoms with E-state index in [1.165, 1.54) is 0 Å². The molecular weight excluding hydrogens is 1200 g/mol. The van der Waals surface area contributed by atoms with Gasteiger partial charge >= 0.3 is 11.9 Å². The molecule has 0 bridgehead atoms. The van der Waals surface area contributed by atoms with Crippen LogP contribution in [0.1, 0.15) is 101 Å². The third-order valence-electron chi connectivity index (χ3n) is 11.5. The van der Waals surface area contributed by atoms with E-state index >= 15 is 0 Å². The molecular formula is C47H52I4O8. The van der Waals surface area contributed by atoms with Gasteiger partial charge in [-0.3, -0.25) is 0 Å². The zero-order valence-corrected chi connectivity index (χ0v) is 42.7. The van der Waals surface area contributed by atoms with Gasteiger partial charge in [-0.2, -0.15) is 0 Å². The van der Waals surface area contributed by atoms with E-state index in [4.69, 9.17) is 28.4 Å². The minimum Gasteiger partial charge on any atom is -0.489 e. The van der Waals surface area contributed by atoms with Crippen molar-refractivity contribution in [2.45, 2.75) is 110 Å². The first-order chi connectivity index (χ1) is 28.2. The van der Waals surface area contributed by atoms with Gasteiger partial charge in [0.2, 0.25) is 0 Å². The van der Waals surface area contributed by atoms with Crippen molar-refractivity contribution in [1.82, 2.24) is 0 Å². The molecule has 4 aromatic carbocycles. The first-order valence-electron chi connectivity index (χ1n) is 20.3. The van der Waals surface area contributed by atoms with E-state index in [0.29, 0.717) is 24.7 Å². The van der Waals surface area contributed by atoms with Crippen molar-refractivity contribution in [1.29, 1.82) is 0 Å². The van der Waals surface area contributed by atoms with E-state index < -0.39 is 0 Å². The Labute approximate surface area is 403 Å². The Balaban J connectivity index is 0.999. The molecule has 59 heavy (non-hydrogen) atoms. The maximum Gasteiger partial charge on any atom is 0.344 e. The monoisotopic (exact) mass is 1250 g/mol. The quantitative estimate of drug-likeness (QED) is 0.0719. The standard InChI is InChI=1S/C47H52I4O8/c1-30(2)46(17-5-6-18-46)58-42(52)28-56-44-34(22-36(48)24-40(44)50)26-54-38-13-9-32(10-14-38)21-33-11-15-39(16-12-33)55-27-35-23-37(49)25-41(51)45(35)57-29-43(53)59-47(31(3)4)19-7-8-20-47/h9-16,22-25,30-31H,5-8,17-21,26-29H2,1-4H3. The molecule has 4 aromatic rings. The fourth-order valence-corrected chi connectivity index (χ4v) is 12.3. The molecule has 0 amide bonds. The summed E-state index contributed by atoms with van der Waals surface area (Å²) in [5, 5.41) is 0. The molecule has 0 aliphatic heterocycles. The van der Waals surface area contributed by atoms with Gasteiger partial charge in [-0.1, -0.05) is 52.0 Å². The van der Waals surface area contributed by atoms with Gasteiger partial charge in [-0.25, -0.2) is 9.59 Å². The highest BCUT2D eigenvalue weighted by molar-refractivity contribution is 14.1. The summed E-state index contributed by atoms with van der Waals surface area (Å²) in [5.41, 5.74) is 3.29. The summed E-state index contributed by atoms with van der Waals surface area (Å²) in [6.45, 7) is 8.82. The minimum absolute atomic E-state index is 0.139. The van der Waals surface area contributed by atoms with Crippen LogP contribution in [-0.4, -0.2) is 36.4 Å². The molecule has 2 aliphatic rings. The average Bonchev–Trinajstić information content (AvgIpc) is 3.88. The lowest BCUT2D eigenvalue weighted by molar-refractivity contribution is -0.167. The van der Waals surface area contributed by atoms with Crippen LogP contribution >= 0.6 is 90.4 Å². The van der Waals surface area contributed by atoms with Crippen molar-refractivity contribution < 1.29 is 38.0 Å². The highest BCUT2D eigenvalue weighted by atomic mass is 127. The number of rotatable bonds is 18. The molecule has 2 aliphatic carbocycles.